The molecule has 2 heterocycles. The van der Waals surface area contributed by atoms with Crippen LogP contribution in [-0.2, 0) is 4.79 Å². The number of benzene rings is 1. The molecule has 13 heteroatoms. The minimum Gasteiger partial charge on any atom is -0.480 e. The fraction of sp³-hybridized carbons (Fsp3) is 0.360. The van der Waals surface area contributed by atoms with Crippen molar-refractivity contribution in [1.29, 1.82) is 0 Å². The highest BCUT2D eigenvalue weighted by atomic mass is 35.5. The van der Waals surface area contributed by atoms with Gasteiger partial charge in [-0.05, 0) is 62.3 Å². The van der Waals surface area contributed by atoms with Gasteiger partial charge in [0.15, 0.2) is 0 Å². The third-order valence-corrected chi connectivity index (χ3v) is 6.49. The van der Waals surface area contributed by atoms with Crippen LogP contribution >= 0.6 is 11.6 Å². The first kappa shape index (κ1) is 27.4. The van der Waals surface area contributed by atoms with E-state index in [1.165, 1.54) is 35.1 Å². The first-order chi connectivity index (χ1) is 17.9. The Balaban J connectivity index is 1.63. The summed E-state index contributed by atoms with van der Waals surface area (Å²) in [6.07, 6.45) is -1.76. The number of ether oxygens (including phenoxy) is 1. The van der Waals surface area contributed by atoms with Gasteiger partial charge in [0.1, 0.15) is 6.04 Å². The highest BCUT2D eigenvalue weighted by molar-refractivity contribution is 6.30. The molecule has 4 rings (SSSR count). The number of nitrogens with two attached hydrogens (primary N) is 2. The number of hydrogen-bond donors (Lipinski definition) is 3. The number of nitrogen functional groups attached to an aromatic ring is 1. The smallest absolute Gasteiger partial charge is 0.429 e. The largest absolute Gasteiger partial charge is 0.480 e. The van der Waals surface area contributed by atoms with Crippen LogP contribution in [0.4, 0.5) is 19.1 Å². The Morgan fingerprint density at radius 3 is 2.66 bits per heavy atom. The van der Waals surface area contributed by atoms with E-state index in [4.69, 9.17) is 32.9 Å². The molecule has 202 valence electrons. The van der Waals surface area contributed by atoms with Crippen molar-refractivity contribution in [3.8, 4) is 11.6 Å². The molecule has 3 atom stereocenters. The Labute approximate surface area is 221 Å². The summed E-state index contributed by atoms with van der Waals surface area (Å²) >= 11 is 6.09. The maximum atomic E-state index is 14.3. The summed E-state index contributed by atoms with van der Waals surface area (Å²) in [5.41, 5.74) is 13.1. The van der Waals surface area contributed by atoms with Crippen LogP contribution in [-0.4, -0.2) is 43.0 Å². The lowest BCUT2D eigenvalue weighted by Crippen LogP contribution is -2.32. The number of carboxylic acids is 1. The fourth-order valence-corrected chi connectivity index (χ4v) is 4.54. The lowest BCUT2D eigenvalue weighted by molar-refractivity contribution is -0.198. The molecule has 0 aliphatic heterocycles. The summed E-state index contributed by atoms with van der Waals surface area (Å²) in [6.45, 7) is 1.71. The number of aryl methyl sites for hydroxylation is 1. The van der Waals surface area contributed by atoms with Crippen molar-refractivity contribution in [1.82, 2.24) is 19.7 Å². The van der Waals surface area contributed by atoms with Crippen LogP contribution in [0.1, 0.15) is 48.7 Å². The number of hydrogen-bond acceptors (Lipinski definition) is 7. The number of rotatable bonds is 8. The number of aliphatic carboxylic acids is 1. The number of halogens is 4. The van der Waals surface area contributed by atoms with E-state index in [1.54, 1.807) is 13.0 Å². The van der Waals surface area contributed by atoms with Crippen LogP contribution in [0.3, 0.4) is 0 Å². The van der Waals surface area contributed by atoms with Crippen molar-refractivity contribution in [2.45, 2.75) is 50.9 Å². The molecule has 1 aromatic carbocycles. The van der Waals surface area contributed by atoms with Gasteiger partial charge in [0.2, 0.25) is 17.9 Å². The molecule has 0 fully saturated rings. The van der Waals surface area contributed by atoms with Crippen LogP contribution in [0.15, 0.2) is 42.6 Å². The van der Waals surface area contributed by atoms with Gasteiger partial charge in [0.05, 0.1) is 17.1 Å². The Hall–Kier alpha value is -3.64. The molecule has 2 aromatic heterocycles. The fourth-order valence-electron chi connectivity index (χ4n) is 4.38. The van der Waals surface area contributed by atoms with Crippen molar-refractivity contribution in [3.63, 3.8) is 0 Å². The second-order valence-corrected chi connectivity index (χ2v) is 9.58. The molecule has 0 spiro atoms. The highest BCUT2D eigenvalue weighted by Crippen LogP contribution is 2.40. The van der Waals surface area contributed by atoms with Crippen LogP contribution in [0, 0.1) is 12.8 Å². The SMILES string of the molecule is Cc1ccn(-c2cc(Cl)ccc2[C@@H](Oc2cc(C3=CC[C@@H](CC(N)C(=O)O)CC3)nc(N)n2)C(F)(F)F)n1. The molecule has 9 nitrogen and oxygen atoms in total. The highest BCUT2D eigenvalue weighted by Gasteiger charge is 2.45. The Morgan fingerprint density at radius 2 is 2.05 bits per heavy atom. The number of alkyl halides is 3. The lowest BCUT2D eigenvalue weighted by Gasteiger charge is -2.25. The molecule has 0 radical (unpaired) electrons. The third kappa shape index (κ3) is 6.43. The van der Waals surface area contributed by atoms with E-state index in [0.29, 0.717) is 37.1 Å². The maximum absolute atomic E-state index is 14.3. The monoisotopic (exact) mass is 550 g/mol. The van der Waals surface area contributed by atoms with Crippen LogP contribution in [0.25, 0.3) is 11.3 Å². The van der Waals surface area contributed by atoms with Crippen molar-refractivity contribution >= 4 is 29.1 Å². The normalized spacial score (nSPS) is 17.5. The van der Waals surface area contributed by atoms with E-state index in [9.17, 15) is 18.0 Å². The van der Waals surface area contributed by atoms with E-state index in [1.807, 2.05) is 6.08 Å². The van der Waals surface area contributed by atoms with E-state index in [0.717, 1.165) is 5.57 Å². The van der Waals surface area contributed by atoms with Gasteiger partial charge < -0.3 is 21.3 Å². The maximum Gasteiger partial charge on any atom is 0.429 e. The van der Waals surface area contributed by atoms with Gasteiger partial charge in [-0.25, -0.2) is 9.67 Å². The van der Waals surface area contributed by atoms with E-state index < -0.39 is 24.3 Å². The number of anilines is 1. The Morgan fingerprint density at radius 1 is 1.29 bits per heavy atom. The van der Waals surface area contributed by atoms with Crippen LogP contribution < -0.4 is 16.2 Å². The van der Waals surface area contributed by atoms with Gasteiger partial charge >= 0.3 is 12.1 Å². The van der Waals surface area contributed by atoms with Gasteiger partial charge in [-0.15, -0.1) is 0 Å². The summed E-state index contributed by atoms with van der Waals surface area (Å²) < 4.78 is 49.7. The molecule has 0 saturated carbocycles. The summed E-state index contributed by atoms with van der Waals surface area (Å²) in [6, 6.07) is 5.99. The molecular weight excluding hydrogens is 525 g/mol. The molecular formula is C25H26ClF3N6O3. The summed E-state index contributed by atoms with van der Waals surface area (Å²) in [7, 11) is 0. The molecule has 1 aliphatic carbocycles. The zero-order chi connectivity index (χ0) is 27.6. The molecule has 0 saturated heterocycles. The molecule has 0 amide bonds. The Kier molecular flexibility index (Phi) is 7.93. The number of nitrogens with zero attached hydrogens (tertiary/aromatic N) is 4. The quantitative estimate of drug-likeness (QED) is 0.360. The van der Waals surface area contributed by atoms with E-state index >= 15 is 0 Å². The summed E-state index contributed by atoms with van der Waals surface area (Å²) in [5, 5.41) is 13.5. The molecule has 1 unspecified atom stereocenters. The minimum atomic E-state index is -4.81. The van der Waals surface area contributed by atoms with Crippen LogP contribution in [0.2, 0.25) is 5.02 Å². The zero-order valence-corrected chi connectivity index (χ0v) is 21.1. The predicted octanol–water partition coefficient (Wildman–Crippen LogP) is 4.87. The van der Waals surface area contributed by atoms with Crippen molar-refractivity contribution < 1.29 is 27.8 Å². The van der Waals surface area contributed by atoms with Crippen LogP contribution in [0.5, 0.6) is 5.88 Å². The van der Waals surface area contributed by atoms with E-state index in [-0.39, 0.29) is 34.0 Å². The zero-order valence-electron chi connectivity index (χ0n) is 20.3. The van der Waals surface area contributed by atoms with Crippen molar-refractivity contribution in [2.24, 2.45) is 11.7 Å². The van der Waals surface area contributed by atoms with Gasteiger partial charge in [-0.1, -0.05) is 23.7 Å². The van der Waals surface area contributed by atoms with E-state index in [2.05, 4.69) is 15.1 Å². The molecule has 38 heavy (non-hydrogen) atoms. The lowest BCUT2D eigenvalue weighted by atomic mass is 9.84. The first-order valence-electron chi connectivity index (χ1n) is 11.8. The average Bonchev–Trinajstić information content (AvgIpc) is 3.28. The third-order valence-electron chi connectivity index (χ3n) is 6.25. The number of carboxylic acid groups (broad SMARTS) is 1. The van der Waals surface area contributed by atoms with Gasteiger partial charge in [-0.2, -0.15) is 23.3 Å². The second kappa shape index (κ2) is 11.0. The molecule has 1 aliphatic rings. The number of carbonyl (C=O) groups is 1. The number of aromatic nitrogens is 4. The van der Waals surface area contributed by atoms with Crippen molar-refractivity contribution in [3.05, 3.63) is 64.6 Å². The molecule has 5 N–H and O–H groups in total. The predicted molar refractivity (Wildman–Crippen MR) is 135 cm³/mol. The van der Waals surface area contributed by atoms with Gasteiger partial charge in [0, 0.05) is 22.8 Å². The summed E-state index contributed by atoms with van der Waals surface area (Å²) in [4.78, 5) is 19.1. The first-order valence-corrected chi connectivity index (χ1v) is 12.2. The topological polar surface area (TPSA) is 142 Å². The van der Waals surface area contributed by atoms with Gasteiger partial charge in [0.25, 0.3) is 0 Å². The average molecular weight is 551 g/mol. The molecule has 3 aromatic rings. The summed E-state index contributed by atoms with van der Waals surface area (Å²) in [5.74, 6) is -1.57. The standard InChI is InChI=1S/C25H26ClF3N6O3/c1-13-8-9-35(34-13)20-11-16(26)6-7-17(20)22(25(27,28)29)38-21-12-19(32-24(31)33-21)15-4-2-14(3-5-15)10-18(30)23(36)37/h4,6-9,11-12,14,18,22H,2-3,5,10,30H2,1H3,(H,36,37)(H2,31,32,33)/t14-,18?,22-/m1/s1. The number of allylic oxidation sites excluding steroid dienone is 2. The minimum absolute atomic E-state index is 0.0728. The molecule has 0 bridgehead atoms. The van der Waals surface area contributed by atoms with Crippen molar-refractivity contribution in [2.75, 3.05) is 5.73 Å². The Bertz CT molecular complexity index is 1360. The van der Waals surface area contributed by atoms with Gasteiger partial charge in [-0.3, -0.25) is 4.79 Å². The second-order valence-electron chi connectivity index (χ2n) is 9.14.